The van der Waals surface area contributed by atoms with Crippen LogP contribution in [-0.4, -0.2) is 42.9 Å². The summed E-state index contributed by atoms with van der Waals surface area (Å²) in [6.07, 6.45) is 2.13. The highest BCUT2D eigenvalue weighted by atomic mass is 16.2. The van der Waals surface area contributed by atoms with E-state index >= 15 is 0 Å². The van der Waals surface area contributed by atoms with Crippen molar-refractivity contribution < 1.29 is 9.59 Å². The molecule has 0 spiro atoms. The molecule has 5 heteroatoms. The summed E-state index contributed by atoms with van der Waals surface area (Å²) in [5.41, 5.74) is 3.12. The van der Waals surface area contributed by atoms with Gasteiger partial charge in [0.25, 0.3) is 5.91 Å². The SMILES string of the molecule is O=C1C[C@@H](c2ccccc2)NCC[C@H]2CN(CCCN1)C(=O)c1ccccc12. The fraction of sp³-hybridized carbons (Fsp3) is 0.391. The molecule has 0 aliphatic carbocycles. The van der Waals surface area contributed by atoms with E-state index in [1.807, 2.05) is 41.3 Å². The first-order valence-corrected chi connectivity index (χ1v) is 10.2. The van der Waals surface area contributed by atoms with Gasteiger partial charge in [-0.15, -0.1) is 0 Å². The number of rotatable bonds is 1. The first-order valence-electron chi connectivity index (χ1n) is 10.2. The Balaban J connectivity index is 1.57. The fourth-order valence-electron chi connectivity index (χ4n) is 4.29. The van der Waals surface area contributed by atoms with Gasteiger partial charge in [-0.25, -0.2) is 0 Å². The molecule has 0 saturated carbocycles. The third-order valence-electron chi connectivity index (χ3n) is 5.76. The maximum Gasteiger partial charge on any atom is 0.254 e. The molecule has 0 aromatic heterocycles. The van der Waals surface area contributed by atoms with E-state index in [-0.39, 0.29) is 17.9 Å². The molecule has 2 bridgehead atoms. The van der Waals surface area contributed by atoms with Crippen LogP contribution in [0.2, 0.25) is 0 Å². The molecule has 146 valence electrons. The van der Waals surface area contributed by atoms with Crippen LogP contribution in [0.5, 0.6) is 0 Å². The molecule has 2 heterocycles. The van der Waals surface area contributed by atoms with Gasteiger partial charge in [0.2, 0.25) is 5.91 Å². The van der Waals surface area contributed by atoms with Crippen molar-refractivity contribution in [2.24, 2.45) is 0 Å². The number of carbonyl (C=O) groups excluding carboxylic acids is 2. The summed E-state index contributed by atoms with van der Waals surface area (Å²) in [6.45, 7) is 2.82. The van der Waals surface area contributed by atoms with Crippen LogP contribution in [0, 0.1) is 0 Å². The third kappa shape index (κ3) is 4.09. The van der Waals surface area contributed by atoms with E-state index < -0.39 is 0 Å². The molecule has 2 aromatic rings. The molecular formula is C23H27N3O2. The molecule has 28 heavy (non-hydrogen) atoms. The molecule has 4 rings (SSSR count). The van der Waals surface area contributed by atoms with Crippen molar-refractivity contribution >= 4 is 11.8 Å². The van der Waals surface area contributed by atoms with E-state index in [1.54, 1.807) is 0 Å². The Morgan fingerprint density at radius 3 is 2.57 bits per heavy atom. The number of hydrogen-bond donors (Lipinski definition) is 2. The van der Waals surface area contributed by atoms with Gasteiger partial charge in [0.1, 0.15) is 0 Å². The quantitative estimate of drug-likeness (QED) is 0.803. The van der Waals surface area contributed by atoms with Crippen molar-refractivity contribution in [1.29, 1.82) is 0 Å². The summed E-state index contributed by atoms with van der Waals surface area (Å²) in [6, 6.07) is 18.1. The van der Waals surface area contributed by atoms with Gasteiger partial charge in [0, 0.05) is 43.6 Å². The summed E-state index contributed by atoms with van der Waals surface area (Å²) in [5, 5.41) is 6.60. The summed E-state index contributed by atoms with van der Waals surface area (Å²) < 4.78 is 0. The normalized spacial score (nSPS) is 23.6. The highest BCUT2D eigenvalue weighted by Gasteiger charge is 2.30. The Bertz CT molecular complexity index is 837. The number of carbonyl (C=O) groups is 2. The molecule has 5 nitrogen and oxygen atoms in total. The monoisotopic (exact) mass is 377 g/mol. The van der Waals surface area contributed by atoms with Gasteiger partial charge in [-0.1, -0.05) is 48.5 Å². The summed E-state index contributed by atoms with van der Waals surface area (Å²) in [7, 11) is 0. The number of hydrogen-bond acceptors (Lipinski definition) is 3. The largest absolute Gasteiger partial charge is 0.356 e. The van der Waals surface area contributed by atoms with Crippen molar-refractivity contribution in [1.82, 2.24) is 15.5 Å². The molecule has 2 atom stereocenters. The maximum absolute atomic E-state index is 12.8. The van der Waals surface area contributed by atoms with Crippen LogP contribution < -0.4 is 10.6 Å². The summed E-state index contributed by atoms with van der Waals surface area (Å²) in [5.74, 6) is 0.485. The molecule has 1 fully saturated rings. The van der Waals surface area contributed by atoms with Crippen molar-refractivity contribution in [3.8, 4) is 0 Å². The number of benzene rings is 2. The van der Waals surface area contributed by atoms with Gasteiger partial charge in [0.15, 0.2) is 0 Å². The van der Waals surface area contributed by atoms with Crippen LogP contribution in [-0.2, 0) is 4.79 Å². The van der Waals surface area contributed by atoms with Crippen LogP contribution in [0.3, 0.4) is 0 Å². The lowest BCUT2D eigenvalue weighted by molar-refractivity contribution is -0.121. The predicted octanol–water partition coefficient (Wildman–Crippen LogP) is 2.86. The van der Waals surface area contributed by atoms with E-state index in [9.17, 15) is 9.59 Å². The number of nitrogens with one attached hydrogen (secondary N) is 2. The molecule has 2 amide bonds. The van der Waals surface area contributed by atoms with Crippen molar-refractivity contribution in [3.05, 3.63) is 71.3 Å². The lowest BCUT2D eigenvalue weighted by Crippen LogP contribution is -2.41. The standard InChI is InChI=1S/C23H27N3O2/c27-22-15-21(17-7-2-1-3-8-17)24-13-11-18-16-26(14-6-12-25-22)23(28)20-10-5-4-9-19(18)20/h1-5,7-10,18,21,24H,6,11-16H2,(H,25,27)/t18-,21-/m0/s1. The average Bonchev–Trinajstić information content (AvgIpc) is 2.74. The second kappa shape index (κ2) is 8.57. The van der Waals surface area contributed by atoms with Crippen LogP contribution in [0.1, 0.15) is 52.7 Å². The first-order chi connectivity index (χ1) is 13.7. The highest BCUT2D eigenvalue weighted by molar-refractivity contribution is 5.97. The fourth-order valence-corrected chi connectivity index (χ4v) is 4.29. The molecule has 2 aliphatic heterocycles. The number of amides is 2. The van der Waals surface area contributed by atoms with Crippen LogP contribution in [0.25, 0.3) is 0 Å². The molecule has 2 aromatic carbocycles. The topological polar surface area (TPSA) is 61.4 Å². The van der Waals surface area contributed by atoms with Crippen molar-refractivity contribution in [2.45, 2.75) is 31.2 Å². The van der Waals surface area contributed by atoms with Gasteiger partial charge in [-0.3, -0.25) is 9.59 Å². The van der Waals surface area contributed by atoms with Gasteiger partial charge in [0.05, 0.1) is 0 Å². The zero-order valence-corrected chi connectivity index (χ0v) is 16.1. The van der Waals surface area contributed by atoms with Gasteiger partial charge < -0.3 is 15.5 Å². The molecule has 1 saturated heterocycles. The van der Waals surface area contributed by atoms with E-state index in [0.29, 0.717) is 25.4 Å². The van der Waals surface area contributed by atoms with Gasteiger partial charge in [-0.05, 0) is 36.6 Å². The summed E-state index contributed by atoms with van der Waals surface area (Å²) >= 11 is 0. The molecular weight excluding hydrogens is 350 g/mol. The highest BCUT2D eigenvalue weighted by Crippen LogP contribution is 2.31. The van der Waals surface area contributed by atoms with Crippen molar-refractivity contribution in [2.75, 3.05) is 26.2 Å². The molecule has 0 radical (unpaired) electrons. The first kappa shape index (κ1) is 18.7. The minimum absolute atomic E-state index is 0.00137. The Morgan fingerprint density at radius 2 is 1.71 bits per heavy atom. The van der Waals surface area contributed by atoms with E-state index in [1.165, 1.54) is 0 Å². The number of fused-ring (bicyclic) bond motifs is 4. The third-order valence-corrected chi connectivity index (χ3v) is 5.76. The lowest BCUT2D eigenvalue weighted by atomic mass is 9.87. The molecule has 2 aliphatic rings. The zero-order valence-electron chi connectivity index (χ0n) is 16.1. The second-order valence-corrected chi connectivity index (χ2v) is 7.65. The van der Waals surface area contributed by atoms with Crippen LogP contribution >= 0.6 is 0 Å². The van der Waals surface area contributed by atoms with E-state index in [0.717, 1.165) is 42.6 Å². The molecule has 2 N–H and O–H groups in total. The van der Waals surface area contributed by atoms with Crippen LogP contribution in [0.4, 0.5) is 0 Å². The van der Waals surface area contributed by atoms with Crippen molar-refractivity contribution in [3.63, 3.8) is 0 Å². The van der Waals surface area contributed by atoms with Crippen LogP contribution in [0.15, 0.2) is 54.6 Å². The predicted molar refractivity (Wildman–Crippen MR) is 109 cm³/mol. The Labute approximate surface area is 166 Å². The zero-order chi connectivity index (χ0) is 19.3. The van der Waals surface area contributed by atoms with E-state index in [2.05, 4.69) is 28.8 Å². The van der Waals surface area contributed by atoms with E-state index in [4.69, 9.17) is 0 Å². The Hall–Kier alpha value is -2.66. The number of nitrogens with zero attached hydrogens (tertiary/aromatic N) is 1. The smallest absolute Gasteiger partial charge is 0.254 e. The minimum atomic E-state index is -0.00137. The minimum Gasteiger partial charge on any atom is -0.356 e. The Morgan fingerprint density at radius 1 is 0.929 bits per heavy atom. The average molecular weight is 377 g/mol. The maximum atomic E-state index is 12.8. The second-order valence-electron chi connectivity index (χ2n) is 7.65. The summed E-state index contributed by atoms with van der Waals surface area (Å²) in [4.78, 5) is 27.2. The molecule has 0 unspecified atom stereocenters. The van der Waals surface area contributed by atoms with Gasteiger partial charge in [-0.2, -0.15) is 0 Å². The lowest BCUT2D eigenvalue weighted by Gasteiger charge is -2.34. The van der Waals surface area contributed by atoms with Gasteiger partial charge >= 0.3 is 0 Å². The Kier molecular flexibility index (Phi) is 5.72.